The fourth-order valence-electron chi connectivity index (χ4n) is 6.85. The molecule has 1 atom stereocenters. The third-order valence-electron chi connectivity index (χ3n) is 9.86. The minimum Gasteiger partial charge on any atom is -0.461 e. The summed E-state index contributed by atoms with van der Waals surface area (Å²) in [5.41, 5.74) is -2.81. The zero-order valence-electron chi connectivity index (χ0n) is 39.6. The lowest BCUT2D eigenvalue weighted by atomic mass is 9.83. The van der Waals surface area contributed by atoms with Gasteiger partial charge in [0.05, 0.1) is 0 Å². The Morgan fingerprint density at radius 2 is 0.934 bits per heavy atom. The van der Waals surface area contributed by atoms with Gasteiger partial charge in [-0.2, -0.15) is 0 Å². The van der Waals surface area contributed by atoms with Gasteiger partial charge in [-0.3, -0.25) is 28.8 Å². The highest BCUT2D eigenvalue weighted by molar-refractivity contribution is 5.88. The molecular weight excluding hydrogens is 777 g/mol. The van der Waals surface area contributed by atoms with Gasteiger partial charge in [0, 0.05) is 37.6 Å². The molecule has 0 spiro atoms. The number of nitrogens with one attached hydrogen (secondary N) is 2. The van der Waals surface area contributed by atoms with Gasteiger partial charge in [-0.25, -0.2) is 0 Å². The Hall–Kier alpha value is -3.96. The molecule has 0 fully saturated rings. The molecule has 0 aliphatic heterocycles. The summed E-state index contributed by atoms with van der Waals surface area (Å²) in [6, 6.07) is 8.07. The van der Waals surface area contributed by atoms with Gasteiger partial charge in [0.2, 0.25) is 11.8 Å². The van der Waals surface area contributed by atoms with E-state index < -0.39 is 58.2 Å². The number of hydrogen-bond acceptors (Lipinski definition) is 10. The molecule has 61 heavy (non-hydrogen) atoms. The van der Waals surface area contributed by atoms with Crippen molar-refractivity contribution in [3.8, 4) is 0 Å². The van der Waals surface area contributed by atoms with Gasteiger partial charge < -0.3 is 29.6 Å². The lowest BCUT2D eigenvalue weighted by Gasteiger charge is -2.37. The average Bonchev–Trinajstić information content (AvgIpc) is 3.15. The van der Waals surface area contributed by atoms with E-state index in [0.29, 0.717) is 6.42 Å². The van der Waals surface area contributed by atoms with E-state index in [1.54, 1.807) is 62.3 Å². The molecule has 0 radical (unpaired) electrons. The second kappa shape index (κ2) is 28.6. The van der Waals surface area contributed by atoms with Crippen molar-refractivity contribution in [1.29, 1.82) is 0 Å². The highest BCUT2D eigenvalue weighted by atomic mass is 16.6. The van der Waals surface area contributed by atoms with Crippen molar-refractivity contribution in [2.45, 2.75) is 239 Å². The number of hydrogen-bond donors (Lipinski definition) is 2. The van der Waals surface area contributed by atoms with E-state index in [-0.39, 0.29) is 70.3 Å². The number of benzene rings is 1. The first-order valence-electron chi connectivity index (χ1n) is 23.0. The molecule has 0 aliphatic carbocycles. The normalized spacial score (nSPS) is 12.6. The molecule has 1 aromatic carbocycles. The standard InChI is InChI=1S/C49H82N2O10/c1-11-12-13-14-15-16-17-18-19-20-21-25-28-40(52)50-39(29-30-41(53)58-37-38-26-23-22-24-27-38)45(57)51-49(34-31-42(54)59-46(2,3)4,35-32-43(55)60-47(5,6)7)36-33-44(56)61-48(8,9)10/h22-24,26-27,39H,11-21,25,28-37H2,1-10H3,(H,50,52)(H,51,57)/t39-/m0/s1. The number of rotatable bonds is 30. The SMILES string of the molecule is CCCCCCCCCCCCCCC(=O)N[C@@H](CCC(=O)OCc1ccccc1)C(=O)NC(CCC(=O)OC(C)(C)C)(CCC(=O)OC(C)(C)C)CCC(=O)OC(C)(C)C. The second-order valence-electron chi connectivity index (χ2n) is 19.5. The molecule has 1 aromatic rings. The highest BCUT2D eigenvalue weighted by Crippen LogP contribution is 2.29. The quantitative estimate of drug-likeness (QED) is 0.0432. The third-order valence-corrected chi connectivity index (χ3v) is 9.86. The first-order valence-corrected chi connectivity index (χ1v) is 23.0. The van der Waals surface area contributed by atoms with Crippen molar-refractivity contribution in [3.63, 3.8) is 0 Å². The van der Waals surface area contributed by atoms with Crippen molar-refractivity contribution in [2.24, 2.45) is 0 Å². The van der Waals surface area contributed by atoms with Crippen LogP contribution in [-0.4, -0.2) is 64.1 Å². The van der Waals surface area contributed by atoms with Crippen LogP contribution in [-0.2, 0) is 54.3 Å². The van der Waals surface area contributed by atoms with Gasteiger partial charge >= 0.3 is 23.9 Å². The van der Waals surface area contributed by atoms with E-state index >= 15 is 0 Å². The number of esters is 4. The number of amides is 2. The fraction of sp³-hybridized carbons (Fsp3) is 0.755. The Kier molecular flexibility index (Phi) is 25.8. The van der Waals surface area contributed by atoms with Crippen LogP contribution in [0.3, 0.4) is 0 Å². The van der Waals surface area contributed by atoms with Gasteiger partial charge in [0.25, 0.3) is 0 Å². The smallest absolute Gasteiger partial charge is 0.306 e. The maximum Gasteiger partial charge on any atom is 0.306 e. The molecule has 0 saturated heterocycles. The van der Waals surface area contributed by atoms with E-state index in [0.717, 1.165) is 24.8 Å². The lowest BCUT2D eigenvalue weighted by molar-refractivity contribution is -0.156. The Morgan fingerprint density at radius 1 is 0.525 bits per heavy atom. The Labute approximate surface area is 368 Å². The largest absolute Gasteiger partial charge is 0.461 e. The number of carbonyl (C=O) groups excluding carboxylic acids is 6. The average molecular weight is 859 g/mol. The van der Waals surface area contributed by atoms with Crippen LogP contribution < -0.4 is 10.6 Å². The minimum atomic E-state index is -1.31. The molecule has 348 valence electrons. The minimum absolute atomic E-state index is 0.0118. The molecule has 0 bridgehead atoms. The van der Waals surface area contributed by atoms with Crippen LogP contribution >= 0.6 is 0 Å². The summed E-state index contributed by atoms with van der Waals surface area (Å²) in [7, 11) is 0. The van der Waals surface area contributed by atoms with Crippen LogP contribution in [0.4, 0.5) is 0 Å². The zero-order chi connectivity index (χ0) is 46.0. The van der Waals surface area contributed by atoms with E-state index in [1.165, 1.54) is 51.4 Å². The summed E-state index contributed by atoms with van der Waals surface area (Å²) in [6.07, 6.45) is 13.4. The molecule has 1 rings (SSSR count). The molecule has 0 aromatic heterocycles. The predicted molar refractivity (Wildman–Crippen MR) is 239 cm³/mol. The summed E-state index contributed by atoms with van der Waals surface area (Å²) in [5, 5.41) is 5.92. The molecule has 12 nitrogen and oxygen atoms in total. The molecule has 0 aliphatic rings. The first-order chi connectivity index (χ1) is 28.5. The van der Waals surface area contributed by atoms with Crippen molar-refractivity contribution < 1.29 is 47.7 Å². The predicted octanol–water partition coefficient (Wildman–Crippen LogP) is 10.3. The Balaban J connectivity index is 3.28. The van der Waals surface area contributed by atoms with Crippen LogP contribution in [0.15, 0.2) is 30.3 Å². The van der Waals surface area contributed by atoms with Gasteiger partial charge in [-0.15, -0.1) is 0 Å². The second-order valence-corrected chi connectivity index (χ2v) is 19.5. The van der Waals surface area contributed by atoms with Crippen LogP contribution in [0, 0.1) is 0 Å². The van der Waals surface area contributed by atoms with Crippen LogP contribution in [0.2, 0.25) is 0 Å². The molecule has 2 N–H and O–H groups in total. The Bertz CT molecular complexity index is 1380. The van der Waals surface area contributed by atoms with Gasteiger partial charge in [0.1, 0.15) is 29.5 Å². The summed E-state index contributed by atoms with van der Waals surface area (Å²) in [4.78, 5) is 80.1. The zero-order valence-corrected chi connectivity index (χ0v) is 39.6. The molecular formula is C49H82N2O10. The summed E-state index contributed by atoms with van der Waals surface area (Å²) >= 11 is 0. The molecule has 12 heteroatoms. The molecule has 0 unspecified atom stereocenters. The highest BCUT2D eigenvalue weighted by Gasteiger charge is 2.38. The van der Waals surface area contributed by atoms with Crippen LogP contribution in [0.25, 0.3) is 0 Å². The number of unbranched alkanes of at least 4 members (excludes halogenated alkanes) is 11. The fourth-order valence-corrected chi connectivity index (χ4v) is 6.85. The molecule has 2 amide bonds. The first kappa shape index (κ1) is 55.1. The van der Waals surface area contributed by atoms with Crippen molar-refractivity contribution in [1.82, 2.24) is 10.6 Å². The summed E-state index contributed by atoms with van der Waals surface area (Å²) < 4.78 is 22.3. The van der Waals surface area contributed by atoms with Crippen LogP contribution in [0.1, 0.15) is 210 Å². The van der Waals surface area contributed by atoms with Crippen LogP contribution in [0.5, 0.6) is 0 Å². The van der Waals surface area contributed by atoms with Gasteiger partial charge in [-0.1, -0.05) is 108 Å². The van der Waals surface area contributed by atoms with E-state index in [1.807, 2.05) is 30.3 Å². The summed E-state index contributed by atoms with van der Waals surface area (Å²) in [5.74, 6) is -3.04. The monoisotopic (exact) mass is 859 g/mol. The van der Waals surface area contributed by atoms with Crippen molar-refractivity contribution in [3.05, 3.63) is 35.9 Å². The summed E-state index contributed by atoms with van der Waals surface area (Å²) in [6.45, 7) is 18.0. The topological polar surface area (TPSA) is 163 Å². The number of ether oxygens (including phenoxy) is 4. The number of carbonyl (C=O) groups is 6. The Morgan fingerprint density at radius 3 is 1.34 bits per heavy atom. The van der Waals surface area contributed by atoms with Crippen molar-refractivity contribution in [2.75, 3.05) is 0 Å². The van der Waals surface area contributed by atoms with Gasteiger partial charge in [-0.05, 0) is 100.0 Å². The maximum absolute atomic E-state index is 14.5. The third kappa shape index (κ3) is 29.9. The van der Waals surface area contributed by atoms with E-state index in [2.05, 4.69) is 17.6 Å². The van der Waals surface area contributed by atoms with Crippen molar-refractivity contribution >= 4 is 35.7 Å². The molecule has 0 heterocycles. The van der Waals surface area contributed by atoms with E-state index in [4.69, 9.17) is 18.9 Å². The van der Waals surface area contributed by atoms with Gasteiger partial charge in [0.15, 0.2) is 0 Å². The van der Waals surface area contributed by atoms with E-state index in [9.17, 15) is 28.8 Å². The maximum atomic E-state index is 14.5. The lowest BCUT2D eigenvalue weighted by Crippen LogP contribution is -2.56. The molecule has 0 saturated carbocycles.